The predicted octanol–water partition coefficient (Wildman–Crippen LogP) is 5.87. The maximum atomic E-state index is 14.1. The number of rotatable bonds is 9. The summed E-state index contributed by atoms with van der Waals surface area (Å²) in [5.74, 6) is -0.507. The number of hydrogen-bond donors (Lipinski definition) is 2. The Morgan fingerprint density at radius 2 is 1.63 bits per heavy atom. The van der Waals surface area contributed by atoms with Gasteiger partial charge in [0.1, 0.15) is 0 Å². The number of pyridine rings is 1. The van der Waals surface area contributed by atoms with E-state index in [0.717, 1.165) is 17.1 Å². The van der Waals surface area contributed by atoms with Gasteiger partial charge in [-0.25, -0.2) is 0 Å². The van der Waals surface area contributed by atoms with Crippen molar-refractivity contribution in [2.24, 2.45) is 0 Å². The number of nitrogens with one attached hydrogen (secondary N) is 1. The Morgan fingerprint density at radius 1 is 1.03 bits per heavy atom. The lowest BCUT2D eigenvalue weighted by Gasteiger charge is -2.32. The lowest BCUT2D eigenvalue weighted by Crippen LogP contribution is -2.20. The average Bonchev–Trinajstić information content (AvgIpc) is 2.61. The minimum absolute atomic E-state index is 0.0394. The third-order valence-corrected chi connectivity index (χ3v) is 6.86. The molecule has 2 aromatic rings. The number of aromatic hydroxyl groups is 1. The molecule has 8 heteroatoms. The molecule has 166 valence electrons. The average molecular weight is 436 g/mol. The number of hydrogen-bond acceptors (Lipinski definition) is 7. The largest absolute Gasteiger partial charge is 0.504 e. The predicted molar refractivity (Wildman–Crippen MR) is 120 cm³/mol. The van der Waals surface area contributed by atoms with Crippen LogP contribution in [0.15, 0.2) is 24.3 Å². The zero-order valence-electron chi connectivity index (χ0n) is 19.0. The van der Waals surface area contributed by atoms with Gasteiger partial charge in [-0.15, -0.1) is 0 Å². The van der Waals surface area contributed by atoms with Gasteiger partial charge in [-0.1, -0.05) is 0 Å². The van der Waals surface area contributed by atoms with Crippen LogP contribution in [0.4, 0.5) is 5.69 Å². The second kappa shape index (κ2) is 9.82. The Bertz CT molecular complexity index is 916. The molecule has 30 heavy (non-hydrogen) atoms. The summed E-state index contributed by atoms with van der Waals surface area (Å²) >= 11 is 0. The SMILES string of the molecule is COc1cc([C@H](Nc2ccc(C)nc2C)P(=O)(OC(C)C)OC(C)C)cc(C)c1O. The zero-order chi connectivity index (χ0) is 22.6. The van der Waals surface area contributed by atoms with Crippen LogP contribution < -0.4 is 10.1 Å². The van der Waals surface area contributed by atoms with E-state index in [0.29, 0.717) is 11.1 Å². The van der Waals surface area contributed by atoms with Gasteiger partial charge in [0, 0.05) is 5.69 Å². The van der Waals surface area contributed by atoms with E-state index in [1.54, 1.807) is 19.1 Å². The van der Waals surface area contributed by atoms with Crippen molar-refractivity contribution >= 4 is 13.3 Å². The Hall–Kier alpha value is -2.08. The molecule has 1 aromatic carbocycles. The molecular weight excluding hydrogens is 403 g/mol. The van der Waals surface area contributed by atoms with Crippen molar-refractivity contribution in [3.8, 4) is 11.5 Å². The van der Waals surface area contributed by atoms with Gasteiger partial charge < -0.3 is 24.2 Å². The molecule has 0 bridgehead atoms. The molecule has 0 spiro atoms. The van der Waals surface area contributed by atoms with Crippen LogP contribution in [0.2, 0.25) is 0 Å². The smallest absolute Gasteiger partial charge is 0.357 e. The van der Waals surface area contributed by atoms with E-state index in [9.17, 15) is 9.67 Å². The summed E-state index contributed by atoms with van der Waals surface area (Å²) in [5, 5.41) is 13.6. The fraction of sp³-hybridized carbons (Fsp3) is 0.500. The lowest BCUT2D eigenvalue weighted by atomic mass is 10.1. The number of methoxy groups -OCH3 is 1. The van der Waals surface area contributed by atoms with Gasteiger partial charge in [-0.3, -0.25) is 9.55 Å². The first-order chi connectivity index (χ1) is 14.0. The molecule has 0 saturated carbocycles. The molecule has 1 heterocycles. The van der Waals surface area contributed by atoms with E-state index in [-0.39, 0.29) is 23.7 Å². The maximum Gasteiger partial charge on any atom is 0.357 e. The van der Waals surface area contributed by atoms with Gasteiger partial charge >= 0.3 is 7.60 Å². The first-order valence-electron chi connectivity index (χ1n) is 10.0. The summed E-state index contributed by atoms with van der Waals surface area (Å²) in [6.07, 6.45) is -0.646. The van der Waals surface area contributed by atoms with E-state index in [1.165, 1.54) is 7.11 Å². The third kappa shape index (κ3) is 5.75. The molecule has 1 aromatic heterocycles. The number of aromatic nitrogens is 1. The Balaban J connectivity index is 2.67. The second-order valence-corrected chi connectivity index (χ2v) is 9.89. The lowest BCUT2D eigenvalue weighted by molar-refractivity contribution is 0.138. The van der Waals surface area contributed by atoms with Crippen molar-refractivity contribution in [2.45, 2.75) is 66.5 Å². The van der Waals surface area contributed by atoms with Crippen LogP contribution in [0, 0.1) is 20.8 Å². The minimum Gasteiger partial charge on any atom is -0.504 e. The zero-order valence-corrected chi connectivity index (χ0v) is 19.9. The number of phenolic OH excluding ortho intramolecular Hbond substituents is 1. The number of benzene rings is 1. The Morgan fingerprint density at radius 3 is 2.13 bits per heavy atom. The number of nitrogens with zero attached hydrogens (tertiary/aromatic N) is 1. The molecule has 0 saturated heterocycles. The molecule has 0 aliphatic heterocycles. The summed E-state index contributed by atoms with van der Waals surface area (Å²) in [5.41, 5.74) is 3.58. The van der Waals surface area contributed by atoms with E-state index < -0.39 is 13.4 Å². The second-order valence-electron chi connectivity index (χ2n) is 7.87. The van der Waals surface area contributed by atoms with Crippen molar-refractivity contribution in [2.75, 3.05) is 12.4 Å². The highest BCUT2D eigenvalue weighted by atomic mass is 31.2. The molecule has 0 aliphatic rings. The summed E-state index contributed by atoms with van der Waals surface area (Å²) in [4.78, 5) is 4.49. The first-order valence-corrected chi connectivity index (χ1v) is 11.6. The van der Waals surface area contributed by atoms with Crippen LogP contribution in [0.3, 0.4) is 0 Å². The summed E-state index contributed by atoms with van der Waals surface area (Å²) < 4.78 is 31.2. The molecule has 0 radical (unpaired) electrons. The van der Waals surface area contributed by atoms with Crippen LogP contribution >= 0.6 is 7.60 Å². The highest BCUT2D eigenvalue weighted by Crippen LogP contribution is 2.63. The summed E-state index contributed by atoms with van der Waals surface area (Å²) in [7, 11) is -2.23. The quantitative estimate of drug-likeness (QED) is 0.475. The highest BCUT2D eigenvalue weighted by Gasteiger charge is 2.40. The maximum absolute atomic E-state index is 14.1. The van der Waals surface area contributed by atoms with Gasteiger partial charge in [0.15, 0.2) is 17.3 Å². The first kappa shape index (κ1) is 24.2. The van der Waals surface area contributed by atoms with Crippen LogP contribution in [-0.2, 0) is 13.6 Å². The molecule has 7 nitrogen and oxygen atoms in total. The van der Waals surface area contributed by atoms with Crippen LogP contribution in [0.1, 0.15) is 56.0 Å². The molecule has 1 atom stereocenters. The summed E-state index contributed by atoms with van der Waals surface area (Å²) in [6, 6.07) is 7.18. The monoisotopic (exact) mass is 436 g/mol. The molecule has 0 fully saturated rings. The molecule has 2 N–H and O–H groups in total. The van der Waals surface area contributed by atoms with Gasteiger partial charge in [0.2, 0.25) is 0 Å². The normalized spacial score (nSPS) is 13.0. The molecule has 0 amide bonds. The summed E-state index contributed by atoms with van der Waals surface area (Å²) in [6.45, 7) is 12.8. The number of anilines is 1. The van der Waals surface area contributed by atoms with Gasteiger partial charge in [-0.2, -0.15) is 0 Å². The Labute approximate surface area is 179 Å². The van der Waals surface area contributed by atoms with Crippen molar-refractivity contribution in [1.82, 2.24) is 4.98 Å². The van der Waals surface area contributed by atoms with E-state index >= 15 is 0 Å². The van der Waals surface area contributed by atoms with Crippen LogP contribution in [0.25, 0.3) is 0 Å². The van der Waals surface area contributed by atoms with E-state index in [1.807, 2.05) is 53.7 Å². The fourth-order valence-electron chi connectivity index (χ4n) is 3.15. The van der Waals surface area contributed by atoms with Crippen LogP contribution in [-0.4, -0.2) is 29.4 Å². The highest BCUT2D eigenvalue weighted by molar-refractivity contribution is 7.54. The Kier molecular flexibility index (Phi) is 7.92. The fourth-order valence-corrected chi connectivity index (χ4v) is 5.43. The number of phenols is 1. The van der Waals surface area contributed by atoms with Gasteiger partial charge in [0.25, 0.3) is 0 Å². The van der Waals surface area contributed by atoms with Crippen LogP contribution in [0.5, 0.6) is 11.5 Å². The number of ether oxygens (including phenoxy) is 1. The van der Waals surface area contributed by atoms with E-state index in [4.69, 9.17) is 13.8 Å². The van der Waals surface area contributed by atoms with Crippen molar-refractivity contribution in [1.29, 1.82) is 0 Å². The molecular formula is C22H33N2O5P. The number of aryl methyl sites for hydroxylation is 3. The third-order valence-electron chi connectivity index (χ3n) is 4.37. The van der Waals surface area contributed by atoms with Gasteiger partial charge in [0.05, 0.1) is 30.7 Å². The van der Waals surface area contributed by atoms with E-state index in [2.05, 4.69) is 10.3 Å². The van der Waals surface area contributed by atoms with Crippen molar-refractivity contribution in [3.05, 3.63) is 46.8 Å². The van der Waals surface area contributed by atoms with Crippen molar-refractivity contribution < 1.29 is 23.5 Å². The molecule has 0 unspecified atom stereocenters. The van der Waals surface area contributed by atoms with Crippen molar-refractivity contribution in [3.63, 3.8) is 0 Å². The minimum atomic E-state index is -3.70. The topological polar surface area (TPSA) is 89.9 Å². The standard InChI is InChI=1S/C22H33N2O5P/c1-13(2)28-30(26,29-14(3)4)22(24-19-10-9-16(6)23-17(19)7)18-11-15(5)21(25)20(12-18)27-8/h9-14,22,24-25H,1-8H3/t22-/m1/s1. The van der Waals surface area contributed by atoms with Gasteiger partial charge in [-0.05, 0) is 83.9 Å². The molecule has 2 rings (SSSR count). The molecule has 0 aliphatic carbocycles.